The molecule has 7 rings (SSSR count). The first-order chi connectivity index (χ1) is 17.2. The number of fused-ring (bicyclic) bond motifs is 4. The molecule has 4 heteroatoms. The summed E-state index contributed by atoms with van der Waals surface area (Å²) in [4.78, 5) is 22.3. The van der Waals surface area contributed by atoms with Gasteiger partial charge in [0.05, 0.1) is 17.6 Å². The van der Waals surface area contributed by atoms with Crippen LogP contribution in [0.3, 0.4) is 0 Å². The molecule has 5 aromatic carbocycles. The van der Waals surface area contributed by atoms with Gasteiger partial charge < -0.3 is 0 Å². The van der Waals surface area contributed by atoms with Crippen molar-refractivity contribution >= 4 is 43.9 Å². The van der Waals surface area contributed by atoms with Crippen molar-refractivity contribution in [2.75, 3.05) is 0 Å². The summed E-state index contributed by atoms with van der Waals surface area (Å²) >= 11 is 0. The average molecular weight is 447 g/mol. The van der Waals surface area contributed by atoms with Crippen LogP contribution in [-0.4, -0.2) is 9.38 Å². The average Bonchev–Trinajstić information content (AvgIpc) is 3.31. The number of rotatable bonds is 2. The van der Waals surface area contributed by atoms with Gasteiger partial charge in [0.2, 0.25) is 0 Å². The predicted octanol–water partition coefficient (Wildman–Crippen LogP) is 7.48. The first kappa shape index (κ1) is 19.5. The molecule has 0 N–H and O–H groups in total. The van der Waals surface area contributed by atoms with E-state index in [1.807, 2.05) is 48.5 Å². The highest BCUT2D eigenvalue weighted by molar-refractivity contribution is 6.23. The van der Waals surface area contributed by atoms with Crippen molar-refractivity contribution < 1.29 is 0 Å². The number of aromatic nitrogens is 2. The van der Waals surface area contributed by atoms with Gasteiger partial charge in [0.25, 0.3) is 5.56 Å². The van der Waals surface area contributed by atoms with Crippen LogP contribution < -0.4 is 5.56 Å². The van der Waals surface area contributed by atoms with Crippen LogP contribution in [0.25, 0.3) is 65.3 Å². The zero-order valence-corrected chi connectivity index (χ0v) is 18.6. The Bertz CT molecular complexity index is 1970. The Morgan fingerprint density at radius 2 is 1.31 bits per heavy atom. The van der Waals surface area contributed by atoms with Crippen LogP contribution in [0.15, 0.2) is 108 Å². The molecular weight excluding hydrogens is 430 g/mol. The second-order valence-corrected chi connectivity index (χ2v) is 8.66. The molecule has 0 fully saturated rings. The maximum atomic E-state index is 13.9. The number of benzene rings is 5. The lowest BCUT2D eigenvalue weighted by Gasteiger charge is -2.16. The van der Waals surface area contributed by atoms with Gasteiger partial charge in [0, 0.05) is 16.2 Å². The second kappa shape index (κ2) is 7.24. The van der Waals surface area contributed by atoms with E-state index in [0.29, 0.717) is 27.8 Å². The standard InChI is InChI=1S/C31H17N3O/c1-32-21-12-17-26-27(18-21)34-30(33-26)24-15-13-22(19-8-4-2-5-9-19)28-23(20-10-6-3-7-11-20)14-16-25(29(24)28)31(34)35/h2-18H. The van der Waals surface area contributed by atoms with Gasteiger partial charge in [-0.3, -0.25) is 9.20 Å². The van der Waals surface area contributed by atoms with Crippen molar-refractivity contribution in [3.63, 3.8) is 0 Å². The molecule has 0 saturated heterocycles. The van der Waals surface area contributed by atoms with Crippen LogP contribution >= 0.6 is 0 Å². The van der Waals surface area contributed by atoms with Crippen LogP contribution in [0.1, 0.15) is 0 Å². The summed E-state index contributed by atoms with van der Waals surface area (Å²) in [5.41, 5.74) is 6.72. The summed E-state index contributed by atoms with van der Waals surface area (Å²) < 4.78 is 1.66. The molecule has 2 aromatic heterocycles. The largest absolute Gasteiger partial charge is 0.268 e. The number of pyridine rings is 1. The van der Waals surface area contributed by atoms with Crippen LogP contribution in [0.4, 0.5) is 5.69 Å². The first-order valence-electron chi connectivity index (χ1n) is 11.4. The molecule has 0 aliphatic carbocycles. The lowest BCUT2D eigenvalue weighted by Crippen LogP contribution is -2.13. The van der Waals surface area contributed by atoms with Crippen LogP contribution in [-0.2, 0) is 0 Å². The van der Waals surface area contributed by atoms with Gasteiger partial charge in [-0.05, 0) is 51.9 Å². The van der Waals surface area contributed by atoms with Gasteiger partial charge >= 0.3 is 0 Å². The molecule has 0 spiro atoms. The highest BCUT2D eigenvalue weighted by Crippen LogP contribution is 2.41. The normalized spacial score (nSPS) is 11.5. The third kappa shape index (κ3) is 2.73. The Labute approximate surface area is 200 Å². The highest BCUT2D eigenvalue weighted by Gasteiger charge is 2.20. The van der Waals surface area contributed by atoms with Crippen LogP contribution in [0, 0.1) is 6.57 Å². The van der Waals surface area contributed by atoms with E-state index in [9.17, 15) is 4.79 Å². The number of imidazole rings is 1. The van der Waals surface area contributed by atoms with E-state index in [4.69, 9.17) is 11.6 Å². The van der Waals surface area contributed by atoms with Crippen molar-refractivity contribution in [1.29, 1.82) is 0 Å². The number of hydrogen-bond donors (Lipinski definition) is 0. The monoisotopic (exact) mass is 447 g/mol. The lowest BCUT2D eigenvalue weighted by molar-refractivity contribution is 1.19. The minimum absolute atomic E-state index is 0.119. The van der Waals surface area contributed by atoms with Gasteiger partial charge in [-0.15, -0.1) is 0 Å². The Balaban J connectivity index is 1.73. The highest BCUT2D eigenvalue weighted by atomic mass is 16.1. The van der Waals surface area contributed by atoms with E-state index in [2.05, 4.69) is 47.3 Å². The molecule has 0 bridgehead atoms. The Morgan fingerprint density at radius 1 is 0.686 bits per heavy atom. The van der Waals surface area contributed by atoms with Crippen molar-refractivity contribution in [1.82, 2.24) is 9.38 Å². The van der Waals surface area contributed by atoms with Gasteiger partial charge in [-0.25, -0.2) is 9.83 Å². The first-order valence-corrected chi connectivity index (χ1v) is 11.4. The smallest absolute Gasteiger partial charge is 0.264 e. The summed E-state index contributed by atoms with van der Waals surface area (Å²) in [7, 11) is 0. The zero-order chi connectivity index (χ0) is 23.5. The maximum Gasteiger partial charge on any atom is 0.264 e. The fourth-order valence-corrected chi connectivity index (χ4v) is 5.22. The van der Waals surface area contributed by atoms with E-state index < -0.39 is 0 Å². The van der Waals surface area contributed by atoms with Crippen molar-refractivity contribution in [3.8, 4) is 22.3 Å². The van der Waals surface area contributed by atoms with Crippen molar-refractivity contribution in [3.05, 3.63) is 125 Å². The summed E-state index contributed by atoms with van der Waals surface area (Å²) in [6.45, 7) is 7.39. The van der Waals surface area contributed by atoms with E-state index >= 15 is 0 Å². The molecule has 0 radical (unpaired) electrons. The molecule has 7 aromatic rings. The minimum Gasteiger partial charge on any atom is -0.268 e. The lowest BCUT2D eigenvalue weighted by atomic mass is 9.88. The van der Waals surface area contributed by atoms with Gasteiger partial charge in [-0.1, -0.05) is 78.9 Å². The summed E-state index contributed by atoms with van der Waals surface area (Å²) in [6, 6.07) is 34.1. The fraction of sp³-hybridized carbons (Fsp3) is 0. The summed E-state index contributed by atoms with van der Waals surface area (Å²) in [6.07, 6.45) is 0. The van der Waals surface area contributed by atoms with Gasteiger partial charge in [0.15, 0.2) is 5.69 Å². The maximum absolute atomic E-state index is 13.9. The molecular formula is C31H17N3O. The third-order valence-corrected chi connectivity index (χ3v) is 6.77. The van der Waals surface area contributed by atoms with Crippen molar-refractivity contribution in [2.24, 2.45) is 0 Å². The van der Waals surface area contributed by atoms with Crippen LogP contribution in [0.2, 0.25) is 0 Å². The van der Waals surface area contributed by atoms with E-state index in [1.54, 1.807) is 16.5 Å². The summed E-state index contributed by atoms with van der Waals surface area (Å²) in [5, 5.41) is 3.54. The number of hydrogen-bond acceptors (Lipinski definition) is 2. The van der Waals surface area contributed by atoms with Crippen LogP contribution in [0.5, 0.6) is 0 Å². The van der Waals surface area contributed by atoms with Gasteiger partial charge in [-0.2, -0.15) is 0 Å². The Kier molecular flexibility index (Phi) is 4.03. The minimum atomic E-state index is -0.119. The topological polar surface area (TPSA) is 38.7 Å². The fourth-order valence-electron chi connectivity index (χ4n) is 5.22. The SMILES string of the molecule is [C-]#[N+]c1ccc2nc3c4ccc(-c5ccccc5)c5c(-c6ccccc6)ccc(c(=O)n3c2c1)c54. The molecule has 0 aliphatic rings. The number of nitrogens with zero attached hydrogens (tertiary/aromatic N) is 3. The summed E-state index contributed by atoms with van der Waals surface area (Å²) in [5.74, 6) is 0. The second-order valence-electron chi connectivity index (χ2n) is 8.66. The molecule has 2 heterocycles. The molecule has 0 saturated carbocycles. The molecule has 4 nitrogen and oxygen atoms in total. The Morgan fingerprint density at radius 3 is 1.94 bits per heavy atom. The molecule has 0 unspecified atom stereocenters. The Hall–Kier alpha value is -5.01. The molecule has 0 amide bonds. The zero-order valence-electron chi connectivity index (χ0n) is 18.6. The van der Waals surface area contributed by atoms with Gasteiger partial charge in [0.1, 0.15) is 5.65 Å². The quantitative estimate of drug-likeness (QED) is 0.258. The van der Waals surface area contributed by atoms with E-state index in [0.717, 1.165) is 38.4 Å². The van der Waals surface area contributed by atoms with E-state index in [1.165, 1.54) is 0 Å². The predicted molar refractivity (Wildman–Crippen MR) is 142 cm³/mol. The molecule has 35 heavy (non-hydrogen) atoms. The molecule has 0 aliphatic heterocycles. The van der Waals surface area contributed by atoms with E-state index in [-0.39, 0.29) is 5.56 Å². The molecule has 0 atom stereocenters. The third-order valence-electron chi connectivity index (χ3n) is 6.77. The van der Waals surface area contributed by atoms with Crippen molar-refractivity contribution in [2.45, 2.75) is 0 Å². The molecule has 162 valence electrons.